The lowest BCUT2D eigenvalue weighted by Crippen LogP contribution is -2.50. The fraction of sp³-hybridized carbons (Fsp3) is 0.219. The number of carbonyl (C=O) groups is 2. The Labute approximate surface area is 229 Å². The van der Waals surface area contributed by atoms with Gasteiger partial charge in [-0.1, -0.05) is 72.8 Å². The van der Waals surface area contributed by atoms with Crippen LogP contribution in [0.1, 0.15) is 22.4 Å². The maximum atomic E-state index is 13.9. The van der Waals surface area contributed by atoms with E-state index < -0.39 is 6.04 Å². The summed E-state index contributed by atoms with van der Waals surface area (Å²) in [6.07, 6.45) is 2.17. The molecule has 0 fully saturated rings. The number of benzene rings is 3. The Morgan fingerprint density at radius 1 is 0.795 bits per heavy atom. The molecule has 0 saturated carbocycles. The minimum Gasteiger partial charge on any atom is -0.493 e. The molecule has 0 aliphatic heterocycles. The molecule has 0 bridgehead atoms. The second-order valence-corrected chi connectivity index (χ2v) is 9.12. The third kappa shape index (κ3) is 7.68. The number of rotatable bonds is 12. The molecular weight excluding hydrogens is 490 g/mol. The maximum Gasteiger partial charge on any atom is 0.243 e. The first-order chi connectivity index (χ1) is 19.1. The second-order valence-electron chi connectivity index (χ2n) is 9.12. The van der Waals surface area contributed by atoms with E-state index in [2.05, 4.69) is 10.3 Å². The lowest BCUT2D eigenvalue weighted by atomic mass is 10.0. The molecule has 1 heterocycles. The molecule has 0 aliphatic rings. The van der Waals surface area contributed by atoms with E-state index in [0.29, 0.717) is 24.5 Å². The van der Waals surface area contributed by atoms with E-state index in [0.717, 1.165) is 22.4 Å². The number of hydrogen-bond donors (Lipinski definition) is 1. The van der Waals surface area contributed by atoms with Crippen molar-refractivity contribution in [3.63, 3.8) is 0 Å². The van der Waals surface area contributed by atoms with Gasteiger partial charge in [0.2, 0.25) is 11.8 Å². The zero-order valence-electron chi connectivity index (χ0n) is 22.2. The van der Waals surface area contributed by atoms with E-state index in [9.17, 15) is 9.59 Å². The third-order valence-electron chi connectivity index (χ3n) is 6.44. The van der Waals surface area contributed by atoms with Crippen LogP contribution in [0.2, 0.25) is 0 Å². The average molecular weight is 524 g/mol. The van der Waals surface area contributed by atoms with Crippen molar-refractivity contribution in [1.82, 2.24) is 15.2 Å². The van der Waals surface area contributed by atoms with Crippen molar-refractivity contribution in [2.75, 3.05) is 14.2 Å². The Hall–Kier alpha value is -4.65. The summed E-state index contributed by atoms with van der Waals surface area (Å²) in [4.78, 5) is 33.7. The highest BCUT2D eigenvalue weighted by atomic mass is 16.5. The van der Waals surface area contributed by atoms with Crippen LogP contribution in [0, 0.1) is 0 Å². The highest BCUT2D eigenvalue weighted by molar-refractivity contribution is 5.88. The van der Waals surface area contributed by atoms with Gasteiger partial charge in [0.15, 0.2) is 11.5 Å². The first-order valence-corrected chi connectivity index (χ1v) is 12.8. The molecule has 7 heteroatoms. The smallest absolute Gasteiger partial charge is 0.243 e. The van der Waals surface area contributed by atoms with Gasteiger partial charge in [0.1, 0.15) is 6.04 Å². The molecule has 1 atom stereocenters. The molecule has 39 heavy (non-hydrogen) atoms. The van der Waals surface area contributed by atoms with Gasteiger partial charge in [0.25, 0.3) is 0 Å². The quantitative estimate of drug-likeness (QED) is 0.294. The number of amides is 2. The van der Waals surface area contributed by atoms with E-state index in [1.54, 1.807) is 37.4 Å². The second kappa shape index (κ2) is 13.8. The monoisotopic (exact) mass is 523 g/mol. The molecule has 4 rings (SSSR count). The standard InChI is InChI=1S/C32H33N3O4/c1-38-29-17-16-26(20-30(29)39-2)21-31(36)35(23-25-13-7-4-8-14-25)28(19-24-11-5-3-6-12-24)32(37)34-22-27-15-9-10-18-33-27/h3-18,20,28H,19,21-23H2,1-2H3,(H,34,37)/t28-/m0/s1. The molecule has 1 N–H and O–H groups in total. The molecule has 4 aromatic rings. The van der Waals surface area contributed by atoms with E-state index in [-0.39, 0.29) is 24.8 Å². The summed E-state index contributed by atoms with van der Waals surface area (Å²) in [5.74, 6) is 0.734. The SMILES string of the molecule is COc1ccc(CC(=O)N(Cc2ccccc2)[C@@H](Cc2ccccc2)C(=O)NCc2ccccn2)cc1OC. The number of carbonyl (C=O) groups excluding carboxylic acids is 2. The minimum absolute atomic E-state index is 0.103. The fourth-order valence-corrected chi connectivity index (χ4v) is 4.40. The summed E-state index contributed by atoms with van der Waals surface area (Å²) in [6.45, 7) is 0.565. The number of hydrogen-bond acceptors (Lipinski definition) is 5. The fourth-order valence-electron chi connectivity index (χ4n) is 4.40. The summed E-state index contributed by atoms with van der Waals surface area (Å²) in [7, 11) is 3.13. The number of pyridine rings is 1. The van der Waals surface area contributed by atoms with Crippen molar-refractivity contribution < 1.29 is 19.1 Å². The molecule has 1 aromatic heterocycles. The number of nitrogens with zero attached hydrogens (tertiary/aromatic N) is 2. The lowest BCUT2D eigenvalue weighted by Gasteiger charge is -2.31. The van der Waals surface area contributed by atoms with Crippen molar-refractivity contribution in [3.05, 3.63) is 126 Å². The Morgan fingerprint density at radius 2 is 1.46 bits per heavy atom. The number of aromatic nitrogens is 1. The van der Waals surface area contributed by atoms with Gasteiger partial charge in [-0.2, -0.15) is 0 Å². The predicted molar refractivity (Wildman–Crippen MR) is 150 cm³/mol. The van der Waals surface area contributed by atoms with Crippen LogP contribution in [0.5, 0.6) is 11.5 Å². The zero-order valence-corrected chi connectivity index (χ0v) is 22.2. The predicted octanol–water partition coefficient (Wildman–Crippen LogP) is 4.60. The van der Waals surface area contributed by atoms with Gasteiger partial charge in [0, 0.05) is 19.2 Å². The Kier molecular flexibility index (Phi) is 9.67. The molecule has 0 saturated heterocycles. The molecule has 0 aliphatic carbocycles. The van der Waals surface area contributed by atoms with Gasteiger partial charge in [-0.3, -0.25) is 14.6 Å². The Morgan fingerprint density at radius 3 is 2.10 bits per heavy atom. The molecule has 0 unspecified atom stereocenters. The van der Waals surface area contributed by atoms with Crippen molar-refractivity contribution in [3.8, 4) is 11.5 Å². The minimum atomic E-state index is -0.732. The maximum absolute atomic E-state index is 13.9. The van der Waals surface area contributed by atoms with Crippen molar-refractivity contribution in [2.24, 2.45) is 0 Å². The molecule has 200 valence electrons. The van der Waals surface area contributed by atoms with E-state index in [1.807, 2.05) is 84.9 Å². The highest BCUT2D eigenvalue weighted by Crippen LogP contribution is 2.28. The lowest BCUT2D eigenvalue weighted by molar-refractivity contribution is -0.140. The molecule has 3 aromatic carbocycles. The van der Waals surface area contributed by atoms with Crippen LogP contribution in [0.3, 0.4) is 0 Å². The number of methoxy groups -OCH3 is 2. The van der Waals surface area contributed by atoms with Crippen LogP contribution in [-0.2, 0) is 35.5 Å². The Balaban J connectivity index is 1.65. The first kappa shape index (κ1) is 27.4. The Bertz CT molecular complexity index is 1350. The molecule has 7 nitrogen and oxygen atoms in total. The summed E-state index contributed by atoms with van der Waals surface area (Å²) in [6, 6.07) is 29.7. The van der Waals surface area contributed by atoms with Gasteiger partial charge < -0.3 is 19.7 Å². The van der Waals surface area contributed by atoms with Crippen LogP contribution in [0.15, 0.2) is 103 Å². The zero-order chi connectivity index (χ0) is 27.5. The molecule has 0 radical (unpaired) electrons. The van der Waals surface area contributed by atoms with Crippen LogP contribution < -0.4 is 14.8 Å². The van der Waals surface area contributed by atoms with Gasteiger partial charge in [-0.25, -0.2) is 0 Å². The number of ether oxygens (including phenoxy) is 2. The van der Waals surface area contributed by atoms with Crippen LogP contribution in [0.4, 0.5) is 0 Å². The summed E-state index contributed by atoms with van der Waals surface area (Å²) < 4.78 is 10.8. The van der Waals surface area contributed by atoms with Crippen LogP contribution in [-0.4, -0.2) is 42.0 Å². The summed E-state index contributed by atoms with van der Waals surface area (Å²) >= 11 is 0. The summed E-state index contributed by atoms with van der Waals surface area (Å²) in [5, 5.41) is 3.01. The van der Waals surface area contributed by atoms with Crippen LogP contribution >= 0.6 is 0 Å². The van der Waals surface area contributed by atoms with Gasteiger partial charge in [-0.05, 0) is 41.0 Å². The van der Waals surface area contributed by atoms with E-state index >= 15 is 0 Å². The topological polar surface area (TPSA) is 80.8 Å². The highest BCUT2D eigenvalue weighted by Gasteiger charge is 2.30. The van der Waals surface area contributed by atoms with Crippen molar-refractivity contribution >= 4 is 11.8 Å². The summed E-state index contributed by atoms with van der Waals surface area (Å²) in [5.41, 5.74) is 3.42. The van der Waals surface area contributed by atoms with Gasteiger partial charge >= 0.3 is 0 Å². The molecule has 2 amide bonds. The average Bonchev–Trinajstić information content (AvgIpc) is 2.99. The van der Waals surface area contributed by atoms with Crippen molar-refractivity contribution in [2.45, 2.75) is 32.0 Å². The first-order valence-electron chi connectivity index (χ1n) is 12.8. The van der Waals surface area contributed by atoms with Gasteiger partial charge in [-0.15, -0.1) is 0 Å². The van der Waals surface area contributed by atoms with E-state index in [1.165, 1.54) is 0 Å². The number of nitrogens with one attached hydrogen (secondary N) is 1. The molecular formula is C32H33N3O4. The van der Waals surface area contributed by atoms with Gasteiger partial charge in [0.05, 0.1) is 32.9 Å². The van der Waals surface area contributed by atoms with Crippen molar-refractivity contribution in [1.29, 1.82) is 0 Å². The third-order valence-corrected chi connectivity index (χ3v) is 6.44. The van der Waals surface area contributed by atoms with Crippen LogP contribution in [0.25, 0.3) is 0 Å². The molecule has 0 spiro atoms. The normalized spacial score (nSPS) is 11.3. The van der Waals surface area contributed by atoms with E-state index in [4.69, 9.17) is 9.47 Å². The largest absolute Gasteiger partial charge is 0.493 e.